The minimum Gasteiger partial charge on any atom is -0.463 e. The lowest BCUT2D eigenvalue weighted by Crippen LogP contribution is -2.42. The second-order valence-electron chi connectivity index (χ2n) is 6.91. The van der Waals surface area contributed by atoms with E-state index in [1.54, 1.807) is 42.6 Å². The lowest BCUT2D eigenvalue weighted by atomic mass is 10.0. The zero-order valence-electron chi connectivity index (χ0n) is 16.0. The highest BCUT2D eigenvalue weighted by molar-refractivity contribution is 5.95. The van der Waals surface area contributed by atoms with Crippen molar-refractivity contribution in [3.05, 3.63) is 48.1 Å². The summed E-state index contributed by atoms with van der Waals surface area (Å²) in [6.45, 7) is 3.09. The number of hydrogen-bond donors (Lipinski definition) is 0. The first-order valence-electron chi connectivity index (χ1n) is 9.43. The van der Waals surface area contributed by atoms with E-state index in [1.807, 2.05) is 11.0 Å². The number of aromatic nitrogens is 4. The average molecular weight is 381 g/mol. The van der Waals surface area contributed by atoms with Crippen LogP contribution >= 0.6 is 0 Å². The van der Waals surface area contributed by atoms with Crippen LogP contribution in [0.15, 0.2) is 41.3 Å². The van der Waals surface area contributed by atoms with Gasteiger partial charge in [0.25, 0.3) is 11.9 Å². The maximum absolute atomic E-state index is 13.2. The number of nitrogens with zero attached hydrogens (tertiary/aromatic N) is 5. The molecule has 1 fully saturated rings. The summed E-state index contributed by atoms with van der Waals surface area (Å²) in [5.74, 6) is 0.988. The summed E-state index contributed by atoms with van der Waals surface area (Å²) >= 11 is 0. The Morgan fingerprint density at radius 3 is 3.00 bits per heavy atom. The molecule has 0 radical (unpaired) electrons. The van der Waals surface area contributed by atoms with Gasteiger partial charge in [0, 0.05) is 25.9 Å². The van der Waals surface area contributed by atoms with Crippen LogP contribution in [0.5, 0.6) is 0 Å². The van der Waals surface area contributed by atoms with Gasteiger partial charge in [0.2, 0.25) is 0 Å². The van der Waals surface area contributed by atoms with Gasteiger partial charge >= 0.3 is 0 Å². The third-order valence-electron chi connectivity index (χ3n) is 5.05. The van der Waals surface area contributed by atoms with Crippen LogP contribution < -0.4 is 0 Å². The predicted octanol–water partition coefficient (Wildman–Crippen LogP) is 3.08. The molecule has 1 unspecified atom stereocenters. The fourth-order valence-electron chi connectivity index (χ4n) is 3.57. The maximum Gasteiger partial charge on any atom is 0.257 e. The Morgan fingerprint density at radius 2 is 2.25 bits per heavy atom. The van der Waals surface area contributed by atoms with Crippen molar-refractivity contribution >= 4 is 5.91 Å². The van der Waals surface area contributed by atoms with E-state index in [0.29, 0.717) is 28.7 Å². The molecule has 1 atom stereocenters. The molecule has 0 bridgehead atoms. The van der Waals surface area contributed by atoms with Crippen molar-refractivity contribution in [1.29, 1.82) is 0 Å². The number of hydrogen-bond acceptors (Lipinski definition) is 6. The van der Waals surface area contributed by atoms with Crippen molar-refractivity contribution in [2.24, 2.45) is 0 Å². The number of likely N-dealkylation sites (tertiary alicyclic amines) is 1. The minimum absolute atomic E-state index is 0.0207. The van der Waals surface area contributed by atoms with Crippen molar-refractivity contribution < 1.29 is 13.9 Å². The molecule has 0 aromatic carbocycles. The van der Waals surface area contributed by atoms with E-state index in [0.717, 1.165) is 25.8 Å². The summed E-state index contributed by atoms with van der Waals surface area (Å²) in [6, 6.07) is 5.62. The van der Waals surface area contributed by atoms with Crippen molar-refractivity contribution in [2.75, 3.05) is 13.7 Å². The van der Waals surface area contributed by atoms with Gasteiger partial charge in [-0.1, -0.05) is 0 Å². The fraction of sp³-hybridized carbons (Fsp3) is 0.400. The molecule has 0 saturated carbocycles. The molecule has 0 spiro atoms. The number of carbonyl (C=O) groups excluding carboxylic acids is 1. The van der Waals surface area contributed by atoms with Crippen molar-refractivity contribution in [3.63, 3.8) is 0 Å². The van der Waals surface area contributed by atoms with Crippen LogP contribution in [0.2, 0.25) is 0 Å². The van der Waals surface area contributed by atoms with Crippen LogP contribution in [0.4, 0.5) is 0 Å². The number of amides is 1. The van der Waals surface area contributed by atoms with E-state index in [4.69, 9.17) is 9.15 Å². The fourth-order valence-corrected chi connectivity index (χ4v) is 3.57. The normalized spacial score (nSPS) is 17.1. The van der Waals surface area contributed by atoms with Crippen LogP contribution in [-0.4, -0.2) is 50.3 Å². The van der Waals surface area contributed by atoms with E-state index in [2.05, 4.69) is 22.0 Å². The summed E-state index contributed by atoms with van der Waals surface area (Å²) in [6.07, 6.45) is 8.03. The molecule has 1 amide bonds. The molecule has 8 heteroatoms. The van der Waals surface area contributed by atoms with Crippen LogP contribution in [-0.2, 0) is 11.3 Å². The van der Waals surface area contributed by atoms with Crippen LogP contribution in [0.25, 0.3) is 17.4 Å². The number of carbonyl (C=O) groups is 1. The number of piperidine rings is 1. The first kappa shape index (κ1) is 18.4. The van der Waals surface area contributed by atoms with Crippen LogP contribution in [0, 0.1) is 0 Å². The first-order chi connectivity index (χ1) is 13.7. The molecule has 0 aliphatic carbocycles. The molecule has 8 nitrogen and oxygen atoms in total. The average Bonchev–Trinajstić information content (AvgIpc) is 3.39. The molecule has 3 aromatic heterocycles. The number of methoxy groups -OCH3 is 1. The summed E-state index contributed by atoms with van der Waals surface area (Å²) in [7, 11) is 1.59. The molecule has 28 heavy (non-hydrogen) atoms. The van der Waals surface area contributed by atoms with E-state index in [1.165, 1.54) is 0 Å². The summed E-state index contributed by atoms with van der Waals surface area (Å²) in [5, 5.41) is 4.40. The quantitative estimate of drug-likeness (QED) is 0.675. The molecule has 4 heterocycles. The number of rotatable bonds is 5. The number of furan rings is 1. The molecule has 0 N–H and O–H groups in total. The Labute approximate surface area is 163 Å². The second-order valence-corrected chi connectivity index (χ2v) is 6.91. The van der Waals surface area contributed by atoms with E-state index in [-0.39, 0.29) is 18.6 Å². The minimum atomic E-state index is -0.0207. The van der Waals surface area contributed by atoms with Gasteiger partial charge in [-0.25, -0.2) is 9.97 Å². The molecule has 1 aliphatic rings. The topological polar surface area (TPSA) is 86.3 Å². The zero-order valence-corrected chi connectivity index (χ0v) is 16.0. The van der Waals surface area contributed by atoms with Crippen molar-refractivity contribution in [3.8, 4) is 17.4 Å². The Hall–Kier alpha value is -3.00. The van der Waals surface area contributed by atoms with Gasteiger partial charge in [0.05, 0.1) is 30.3 Å². The van der Waals surface area contributed by atoms with Gasteiger partial charge in [-0.2, -0.15) is 9.78 Å². The maximum atomic E-state index is 13.2. The zero-order chi connectivity index (χ0) is 19.5. The monoisotopic (exact) mass is 381 g/mol. The van der Waals surface area contributed by atoms with Gasteiger partial charge in [0.15, 0.2) is 5.76 Å². The summed E-state index contributed by atoms with van der Waals surface area (Å²) < 4.78 is 12.3. The SMILES string of the molecule is COCc1c(C(=O)N2CCCCC2C)cnn1-c1nccc(-c2ccco2)n1. The summed E-state index contributed by atoms with van der Waals surface area (Å²) in [4.78, 5) is 24.0. The third kappa shape index (κ3) is 3.43. The van der Waals surface area contributed by atoms with Gasteiger partial charge in [-0.15, -0.1) is 0 Å². The summed E-state index contributed by atoms with van der Waals surface area (Å²) in [5.41, 5.74) is 1.82. The standard InChI is InChI=1S/C20H23N5O3/c1-14-6-3-4-10-24(14)19(26)15-12-22-25(17(15)13-27-2)20-21-9-8-16(23-20)18-7-5-11-28-18/h5,7-9,11-12,14H,3-4,6,10,13H2,1-2H3. The first-order valence-corrected chi connectivity index (χ1v) is 9.43. The molecule has 1 saturated heterocycles. The van der Waals surface area contributed by atoms with Crippen LogP contribution in [0.3, 0.4) is 0 Å². The van der Waals surface area contributed by atoms with Crippen molar-refractivity contribution in [1.82, 2.24) is 24.6 Å². The molecule has 3 aromatic rings. The Balaban J connectivity index is 1.71. The van der Waals surface area contributed by atoms with Gasteiger partial charge in [-0.05, 0) is 44.4 Å². The Morgan fingerprint density at radius 1 is 1.36 bits per heavy atom. The Kier molecular flexibility index (Phi) is 5.21. The van der Waals surface area contributed by atoms with E-state index < -0.39 is 0 Å². The lowest BCUT2D eigenvalue weighted by molar-refractivity contribution is 0.0630. The molecule has 146 valence electrons. The van der Waals surface area contributed by atoms with Crippen LogP contribution in [0.1, 0.15) is 42.2 Å². The van der Waals surface area contributed by atoms with Gasteiger partial charge in [0.1, 0.15) is 5.69 Å². The van der Waals surface area contributed by atoms with Crippen molar-refractivity contribution in [2.45, 2.75) is 38.8 Å². The molecular weight excluding hydrogens is 358 g/mol. The third-order valence-corrected chi connectivity index (χ3v) is 5.05. The lowest BCUT2D eigenvalue weighted by Gasteiger charge is -2.33. The highest BCUT2D eigenvalue weighted by Crippen LogP contribution is 2.23. The van der Waals surface area contributed by atoms with Gasteiger partial charge in [-0.3, -0.25) is 4.79 Å². The number of ether oxygens (including phenoxy) is 1. The largest absolute Gasteiger partial charge is 0.463 e. The smallest absolute Gasteiger partial charge is 0.257 e. The second kappa shape index (κ2) is 7.93. The molecule has 4 rings (SSSR count). The predicted molar refractivity (Wildman–Crippen MR) is 102 cm³/mol. The highest BCUT2D eigenvalue weighted by atomic mass is 16.5. The molecular formula is C20H23N5O3. The molecule has 1 aliphatic heterocycles. The van der Waals surface area contributed by atoms with E-state index in [9.17, 15) is 4.79 Å². The Bertz CT molecular complexity index is 951. The van der Waals surface area contributed by atoms with Gasteiger partial charge < -0.3 is 14.1 Å². The highest BCUT2D eigenvalue weighted by Gasteiger charge is 2.28. The van der Waals surface area contributed by atoms with E-state index >= 15 is 0 Å².